The monoisotopic (exact) mass is 340 g/mol. The summed E-state index contributed by atoms with van der Waals surface area (Å²) < 4.78 is 1.54. The Balaban J connectivity index is 1.52. The van der Waals surface area contributed by atoms with E-state index < -0.39 is 0 Å². The Kier molecular flexibility index (Phi) is 3.94. The summed E-state index contributed by atoms with van der Waals surface area (Å²) in [5.41, 5.74) is 3.66. The smallest absolute Gasteiger partial charge is 0.274 e. The highest BCUT2D eigenvalue weighted by molar-refractivity contribution is 6.30. The molecular formula is C18H17ClN4O. The molecule has 5 nitrogen and oxygen atoms in total. The van der Waals surface area contributed by atoms with Crippen LogP contribution in [-0.4, -0.2) is 38.5 Å². The van der Waals surface area contributed by atoms with E-state index in [9.17, 15) is 4.79 Å². The molecular weight excluding hydrogens is 324 g/mol. The summed E-state index contributed by atoms with van der Waals surface area (Å²) in [6.45, 7) is 1.32. The van der Waals surface area contributed by atoms with Crippen molar-refractivity contribution in [2.75, 3.05) is 13.1 Å². The number of fused-ring (bicyclic) bond motifs is 1. The van der Waals surface area contributed by atoms with Gasteiger partial charge in [0.15, 0.2) is 11.3 Å². The topological polar surface area (TPSA) is 50.5 Å². The lowest BCUT2D eigenvalue weighted by Gasteiger charge is -2.26. The van der Waals surface area contributed by atoms with Crippen LogP contribution in [0, 0.1) is 0 Å². The molecule has 0 unspecified atom stereocenters. The normalized spacial score (nSPS) is 17.8. The summed E-state index contributed by atoms with van der Waals surface area (Å²) >= 11 is 5.91. The average molecular weight is 341 g/mol. The fourth-order valence-electron chi connectivity index (χ4n) is 3.09. The number of hydrogen-bond donors (Lipinski definition) is 0. The van der Waals surface area contributed by atoms with Gasteiger partial charge in [-0.15, -0.1) is 0 Å². The number of rotatable bonds is 2. The minimum atomic E-state index is -0.0694. The maximum atomic E-state index is 12.7. The van der Waals surface area contributed by atoms with Crippen molar-refractivity contribution in [3.63, 3.8) is 0 Å². The number of halogens is 1. The third-order valence-corrected chi connectivity index (χ3v) is 4.56. The van der Waals surface area contributed by atoms with Crippen molar-refractivity contribution >= 4 is 23.2 Å². The molecule has 2 aromatic rings. The molecule has 0 atom stereocenters. The van der Waals surface area contributed by atoms with Gasteiger partial charge < -0.3 is 4.90 Å². The van der Waals surface area contributed by atoms with E-state index in [0.29, 0.717) is 29.5 Å². The number of aromatic nitrogens is 3. The second kappa shape index (κ2) is 6.24. The highest BCUT2D eigenvalue weighted by atomic mass is 35.5. The highest BCUT2D eigenvalue weighted by Crippen LogP contribution is 2.24. The minimum Gasteiger partial charge on any atom is -0.333 e. The van der Waals surface area contributed by atoms with Gasteiger partial charge in [-0.2, -0.15) is 5.10 Å². The van der Waals surface area contributed by atoms with Crippen molar-refractivity contribution in [2.24, 2.45) is 0 Å². The average Bonchev–Trinajstić information content (AvgIpc) is 3.05. The number of allylic oxidation sites excluding steroid dienone is 4. The summed E-state index contributed by atoms with van der Waals surface area (Å²) in [5, 5.41) is 4.78. The van der Waals surface area contributed by atoms with E-state index in [0.717, 1.165) is 19.3 Å². The lowest BCUT2D eigenvalue weighted by Crippen LogP contribution is -2.35. The second-order valence-electron chi connectivity index (χ2n) is 5.97. The molecule has 0 saturated heterocycles. The van der Waals surface area contributed by atoms with E-state index in [2.05, 4.69) is 34.4 Å². The number of carbonyl (C=O) groups is 1. The molecule has 6 heteroatoms. The molecule has 122 valence electrons. The third-order valence-electron chi connectivity index (χ3n) is 4.36. The van der Waals surface area contributed by atoms with Gasteiger partial charge >= 0.3 is 0 Å². The molecule has 24 heavy (non-hydrogen) atoms. The molecule has 2 aromatic heterocycles. The fraction of sp³-hybridized carbons (Fsp3) is 0.278. The van der Waals surface area contributed by atoms with Crippen molar-refractivity contribution in [3.05, 3.63) is 64.6 Å². The molecule has 0 bridgehead atoms. The summed E-state index contributed by atoms with van der Waals surface area (Å²) in [4.78, 5) is 18.7. The summed E-state index contributed by atoms with van der Waals surface area (Å²) in [6, 6.07) is 1.70. The maximum absolute atomic E-state index is 12.7. The molecule has 1 aliphatic carbocycles. The molecule has 1 amide bonds. The van der Waals surface area contributed by atoms with E-state index >= 15 is 0 Å². The van der Waals surface area contributed by atoms with E-state index in [1.54, 1.807) is 23.0 Å². The Bertz CT molecular complexity index is 894. The van der Waals surface area contributed by atoms with Crippen LogP contribution in [0.15, 0.2) is 53.9 Å². The van der Waals surface area contributed by atoms with E-state index in [-0.39, 0.29) is 5.91 Å². The number of nitrogens with zero attached hydrogens (tertiary/aromatic N) is 4. The lowest BCUT2D eigenvalue weighted by atomic mass is 9.95. The van der Waals surface area contributed by atoms with E-state index in [1.165, 1.54) is 11.1 Å². The Morgan fingerprint density at radius 3 is 2.92 bits per heavy atom. The van der Waals surface area contributed by atoms with Crippen LogP contribution < -0.4 is 0 Å². The molecule has 0 spiro atoms. The molecule has 0 fully saturated rings. The highest BCUT2D eigenvalue weighted by Gasteiger charge is 2.22. The number of carbonyl (C=O) groups excluding carboxylic acids is 1. The number of hydrogen-bond acceptors (Lipinski definition) is 3. The molecule has 0 saturated carbocycles. The predicted octanol–water partition coefficient (Wildman–Crippen LogP) is 3.43. The van der Waals surface area contributed by atoms with Crippen LogP contribution in [0.5, 0.6) is 0 Å². The van der Waals surface area contributed by atoms with Gasteiger partial charge in [0.1, 0.15) is 0 Å². The Morgan fingerprint density at radius 1 is 1.25 bits per heavy atom. The molecule has 1 aliphatic heterocycles. The first-order chi connectivity index (χ1) is 11.7. The van der Waals surface area contributed by atoms with Crippen LogP contribution in [0.25, 0.3) is 5.65 Å². The fourth-order valence-corrected chi connectivity index (χ4v) is 3.23. The molecule has 0 radical (unpaired) electrons. The first-order valence-corrected chi connectivity index (χ1v) is 8.45. The summed E-state index contributed by atoms with van der Waals surface area (Å²) in [5.74, 6) is -0.0694. The quantitative estimate of drug-likeness (QED) is 0.841. The van der Waals surface area contributed by atoms with Gasteiger partial charge in [0, 0.05) is 25.4 Å². The van der Waals surface area contributed by atoms with Crippen molar-refractivity contribution in [3.8, 4) is 0 Å². The SMILES string of the molecule is O=C(c1cc2ncc(Cl)cn2n1)N1CC=C(C2=CCCC=C2)CC1. The zero-order valence-electron chi connectivity index (χ0n) is 13.2. The van der Waals surface area contributed by atoms with Crippen LogP contribution in [0.3, 0.4) is 0 Å². The zero-order chi connectivity index (χ0) is 16.5. The van der Waals surface area contributed by atoms with Crippen LogP contribution >= 0.6 is 11.6 Å². The van der Waals surface area contributed by atoms with Gasteiger partial charge in [0.05, 0.1) is 11.2 Å². The van der Waals surface area contributed by atoms with Gasteiger partial charge in [-0.25, -0.2) is 9.50 Å². The van der Waals surface area contributed by atoms with E-state index in [1.807, 2.05) is 4.90 Å². The van der Waals surface area contributed by atoms with Crippen molar-refractivity contribution in [1.29, 1.82) is 0 Å². The largest absolute Gasteiger partial charge is 0.333 e. The third kappa shape index (κ3) is 2.87. The van der Waals surface area contributed by atoms with Gasteiger partial charge in [-0.1, -0.05) is 35.9 Å². The lowest BCUT2D eigenvalue weighted by molar-refractivity contribution is 0.0763. The summed E-state index contributed by atoms with van der Waals surface area (Å²) in [6.07, 6.45) is 15.1. The first kappa shape index (κ1) is 15.1. The Morgan fingerprint density at radius 2 is 2.17 bits per heavy atom. The van der Waals surface area contributed by atoms with Crippen LogP contribution in [0.1, 0.15) is 29.8 Å². The number of amides is 1. The molecule has 0 N–H and O–H groups in total. The van der Waals surface area contributed by atoms with Crippen LogP contribution in [0.2, 0.25) is 5.02 Å². The first-order valence-electron chi connectivity index (χ1n) is 8.07. The van der Waals surface area contributed by atoms with Gasteiger partial charge in [-0.05, 0) is 30.4 Å². The van der Waals surface area contributed by atoms with Crippen molar-refractivity contribution in [1.82, 2.24) is 19.5 Å². The molecule has 2 aliphatic rings. The second-order valence-corrected chi connectivity index (χ2v) is 6.41. The summed E-state index contributed by atoms with van der Waals surface area (Å²) in [7, 11) is 0. The Hall–Kier alpha value is -2.40. The van der Waals surface area contributed by atoms with E-state index in [4.69, 9.17) is 11.6 Å². The standard InChI is InChI=1S/C18H17ClN4O/c19-15-11-20-17-10-16(21-23(17)12-15)18(24)22-8-6-14(7-9-22)13-4-2-1-3-5-13/h2,4-6,10-12H,1,3,7-9H2. The molecule has 3 heterocycles. The van der Waals surface area contributed by atoms with Gasteiger partial charge in [0.25, 0.3) is 5.91 Å². The van der Waals surface area contributed by atoms with Crippen LogP contribution in [-0.2, 0) is 0 Å². The van der Waals surface area contributed by atoms with Crippen LogP contribution in [0.4, 0.5) is 0 Å². The Labute approximate surface area is 144 Å². The van der Waals surface area contributed by atoms with Gasteiger partial charge in [-0.3, -0.25) is 4.79 Å². The molecule has 4 rings (SSSR count). The van der Waals surface area contributed by atoms with Crippen molar-refractivity contribution < 1.29 is 4.79 Å². The maximum Gasteiger partial charge on any atom is 0.274 e. The van der Waals surface area contributed by atoms with Crippen molar-refractivity contribution in [2.45, 2.75) is 19.3 Å². The predicted molar refractivity (Wildman–Crippen MR) is 93.1 cm³/mol. The molecule has 0 aromatic carbocycles. The zero-order valence-corrected chi connectivity index (χ0v) is 13.9. The minimum absolute atomic E-state index is 0.0694. The van der Waals surface area contributed by atoms with Gasteiger partial charge in [0.2, 0.25) is 0 Å².